The number of likely N-dealkylation sites (tertiary alicyclic amines) is 1. The molecule has 1 aliphatic carbocycles. The van der Waals surface area contributed by atoms with Gasteiger partial charge in [0.15, 0.2) is 0 Å². The molecule has 3 amide bonds. The summed E-state index contributed by atoms with van der Waals surface area (Å²) in [5.41, 5.74) is 1.66. The largest absolute Gasteiger partial charge is 0.359 e. The first-order valence-corrected chi connectivity index (χ1v) is 17.7. The molecule has 4 heterocycles. The van der Waals surface area contributed by atoms with E-state index in [4.69, 9.17) is 16.3 Å². The van der Waals surface area contributed by atoms with Crippen LogP contribution in [-0.4, -0.2) is 95.5 Å². The molecule has 2 aromatic carbocycles. The van der Waals surface area contributed by atoms with Gasteiger partial charge in [-0.3, -0.25) is 19.3 Å². The molecule has 4 aliphatic heterocycles. The van der Waals surface area contributed by atoms with E-state index in [1.54, 1.807) is 11.0 Å². The highest BCUT2D eigenvalue weighted by Crippen LogP contribution is 2.55. The number of rotatable bonds is 10. The fourth-order valence-electron chi connectivity index (χ4n) is 8.41. The Morgan fingerprint density at radius 3 is 2.45 bits per heavy atom. The van der Waals surface area contributed by atoms with Crippen molar-refractivity contribution in [2.75, 3.05) is 44.6 Å². The van der Waals surface area contributed by atoms with Crippen LogP contribution in [0.4, 0.5) is 5.69 Å². The van der Waals surface area contributed by atoms with E-state index in [1.807, 2.05) is 37.3 Å². The van der Waals surface area contributed by atoms with Crippen LogP contribution in [0.25, 0.3) is 0 Å². The number of carbonyl (C=O) groups is 3. The molecule has 2 aromatic rings. The lowest BCUT2D eigenvalue weighted by Gasteiger charge is -2.36. The topological polar surface area (TPSA) is 94.2 Å². The number of anilines is 1. The van der Waals surface area contributed by atoms with Crippen molar-refractivity contribution in [2.45, 2.75) is 75.8 Å². The number of aryl methyl sites for hydroxylation is 1. The molecule has 0 unspecified atom stereocenters. The molecule has 5 atom stereocenters. The van der Waals surface area contributed by atoms with Gasteiger partial charge in [-0.2, -0.15) is 0 Å². The first-order valence-electron chi connectivity index (χ1n) is 17.4. The molecule has 1 spiro atoms. The predicted molar refractivity (Wildman–Crippen MR) is 182 cm³/mol. The van der Waals surface area contributed by atoms with Crippen LogP contribution in [-0.2, 0) is 25.7 Å². The molecule has 1 saturated carbocycles. The maximum absolute atomic E-state index is 14.4. The highest BCUT2D eigenvalue weighted by atomic mass is 35.5. The van der Waals surface area contributed by atoms with Gasteiger partial charge < -0.3 is 25.2 Å². The quantitative estimate of drug-likeness (QED) is 0.368. The van der Waals surface area contributed by atoms with Crippen molar-refractivity contribution in [1.82, 2.24) is 20.0 Å². The number of nitrogens with one attached hydrogen (secondary N) is 2. The third kappa shape index (κ3) is 6.47. The highest BCUT2D eigenvalue weighted by molar-refractivity contribution is 6.31. The zero-order chi connectivity index (χ0) is 32.5. The van der Waals surface area contributed by atoms with E-state index in [2.05, 4.69) is 44.7 Å². The first-order chi connectivity index (χ1) is 22.8. The molecule has 10 heteroatoms. The van der Waals surface area contributed by atoms with Crippen molar-refractivity contribution in [3.63, 3.8) is 0 Å². The number of benzene rings is 2. The molecule has 7 rings (SSSR count). The average Bonchev–Trinajstić information content (AvgIpc) is 3.72. The van der Waals surface area contributed by atoms with Gasteiger partial charge in [-0.25, -0.2) is 0 Å². The minimum Gasteiger partial charge on any atom is -0.359 e. The van der Waals surface area contributed by atoms with Gasteiger partial charge in [0.1, 0.15) is 11.6 Å². The summed E-state index contributed by atoms with van der Waals surface area (Å²) >= 11 is 6.33. The summed E-state index contributed by atoms with van der Waals surface area (Å²) in [6, 6.07) is 15.2. The smallest absolute Gasteiger partial charge is 0.246 e. The lowest BCUT2D eigenvalue weighted by Crippen LogP contribution is -2.56. The Morgan fingerprint density at radius 1 is 0.957 bits per heavy atom. The number of ether oxygens (including phenoxy) is 1. The van der Waals surface area contributed by atoms with Gasteiger partial charge in [-0.1, -0.05) is 79.4 Å². The minimum absolute atomic E-state index is 0.101. The van der Waals surface area contributed by atoms with Crippen molar-refractivity contribution in [3.05, 3.63) is 76.8 Å². The van der Waals surface area contributed by atoms with Gasteiger partial charge in [0, 0.05) is 56.0 Å². The Bertz CT molecular complexity index is 1510. The number of halogens is 1. The summed E-state index contributed by atoms with van der Waals surface area (Å²) in [5, 5.41) is 6.82. The van der Waals surface area contributed by atoms with Crippen molar-refractivity contribution < 1.29 is 19.1 Å². The van der Waals surface area contributed by atoms with E-state index in [-0.39, 0.29) is 23.8 Å². The molecule has 2 N–H and O–H groups in total. The SMILES string of the molecule is Cc1ccc(NC(=O)[C@@H]2[C@@H]3C=C[C@]4(O3)[C@@H]2C(=O)N(CCCN2CCN(Cc3ccccc3)CC2)[C@@H]4C(=O)NC2CCCCC2)cc1Cl. The van der Waals surface area contributed by atoms with Gasteiger partial charge in [0.2, 0.25) is 17.7 Å². The van der Waals surface area contributed by atoms with Crippen LogP contribution < -0.4 is 10.6 Å². The Morgan fingerprint density at radius 2 is 1.70 bits per heavy atom. The van der Waals surface area contributed by atoms with Crippen molar-refractivity contribution in [3.8, 4) is 0 Å². The second-order valence-electron chi connectivity index (χ2n) is 14.0. The molecular weight excluding hydrogens is 614 g/mol. The molecule has 4 fully saturated rings. The Hall–Kier alpha value is -3.24. The van der Waals surface area contributed by atoms with Gasteiger partial charge in [0.05, 0.1) is 17.9 Å². The van der Waals surface area contributed by atoms with Crippen LogP contribution in [0.2, 0.25) is 5.02 Å². The number of nitrogens with zero attached hydrogens (tertiary/aromatic N) is 3. The van der Waals surface area contributed by atoms with Crippen LogP contribution >= 0.6 is 11.6 Å². The Balaban J connectivity index is 1.04. The summed E-state index contributed by atoms with van der Waals surface area (Å²) in [7, 11) is 0. The van der Waals surface area contributed by atoms with E-state index in [1.165, 1.54) is 12.0 Å². The van der Waals surface area contributed by atoms with E-state index < -0.39 is 29.6 Å². The van der Waals surface area contributed by atoms with Gasteiger partial charge in [-0.15, -0.1) is 0 Å². The third-order valence-corrected chi connectivity index (χ3v) is 11.3. The molecule has 47 heavy (non-hydrogen) atoms. The molecule has 9 nitrogen and oxygen atoms in total. The van der Waals surface area contributed by atoms with Crippen LogP contribution in [0, 0.1) is 18.8 Å². The van der Waals surface area contributed by atoms with E-state index in [0.29, 0.717) is 17.3 Å². The Labute approximate surface area is 282 Å². The molecule has 2 bridgehead atoms. The normalized spacial score (nSPS) is 29.3. The van der Waals surface area contributed by atoms with Crippen LogP contribution in [0.3, 0.4) is 0 Å². The second-order valence-corrected chi connectivity index (χ2v) is 14.4. The highest BCUT2D eigenvalue weighted by Gasteiger charge is 2.72. The first kappa shape index (κ1) is 32.3. The third-order valence-electron chi connectivity index (χ3n) is 10.9. The molecule has 3 saturated heterocycles. The second kappa shape index (κ2) is 13.7. The lowest BCUT2D eigenvalue weighted by molar-refractivity contribution is -0.141. The van der Waals surface area contributed by atoms with Crippen molar-refractivity contribution in [2.24, 2.45) is 11.8 Å². The van der Waals surface area contributed by atoms with Crippen LogP contribution in [0.1, 0.15) is 49.7 Å². The maximum Gasteiger partial charge on any atom is 0.246 e. The summed E-state index contributed by atoms with van der Waals surface area (Å²) < 4.78 is 6.54. The number of hydrogen-bond donors (Lipinski definition) is 2. The summed E-state index contributed by atoms with van der Waals surface area (Å²) in [6.07, 6.45) is 9.20. The molecule has 0 aromatic heterocycles. The lowest BCUT2D eigenvalue weighted by atomic mass is 9.74. The average molecular weight is 660 g/mol. The fraction of sp³-hybridized carbons (Fsp3) is 0.541. The molecular formula is C37H46ClN5O4. The number of amides is 3. The van der Waals surface area contributed by atoms with Crippen molar-refractivity contribution in [1.29, 1.82) is 0 Å². The van der Waals surface area contributed by atoms with Crippen molar-refractivity contribution >= 4 is 35.0 Å². The summed E-state index contributed by atoms with van der Waals surface area (Å²) in [4.78, 5) is 48.9. The van der Waals surface area contributed by atoms with Gasteiger partial charge in [-0.05, 0) is 56.0 Å². The standard InChI is InChI=1S/C37H46ClN5O4/c1-25-13-14-28(23-29(25)38)40-34(44)31-30-15-16-37(47-30)32(31)36(46)43(33(37)35(45)39-27-11-6-3-7-12-27)18-8-17-41-19-21-42(22-20-41)24-26-9-4-2-5-10-26/h2,4-5,9-10,13-16,23,27,30-33H,3,6-8,11-12,17-22,24H2,1H3,(H,39,45)(H,40,44)/t30-,31+,32-,33+,37-/m0/s1. The van der Waals surface area contributed by atoms with Crippen LogP contribution in [0.5, 0.6) is 0 Å². The zero-order valence-corrected chi connectivity index (χ0v) is 28.0. The molecule has 0 radical (unpaired) electrons. The Kier molecular flexibility index (Phi) is 9.42. The van der Waals surface area contributed by atoms with E-state index in [9.17, 15) is 14.4 Å². The molecule has 5 aliphatic rings. The maximum atomic E-state index is 14.4. The number of piperazine rings is 1. The monoisotopic (exact) mass is 659 g/mol. The van der Waals surface area contributed by atoms with Gasteiger partial charge >= 0.3 is 0 Å². The minimum atomic E-state index is -1.16. The summed E-state index contributed by atoms with van der Waals surface area (Å²) in [6.45, 7) is 8.08. The summed E-state index contributed by atoms with van der Waals surface area (Å²) in [5.74, 6) is -2.13. The van der Waals surface area contributed by atoms with E-state index in [0.717, 1.165) is 76.9 Å². The molecule has 250 valence electrons. The van der Waals surface area contributed by atoms with E-state index >= 15 is 0 Å². The number of carbonyl (C=O) groups excluding carboxylic acids is 3. The van der Waals surface area contributed by atoms with Crippen LogP contribution in [0.15, 0.2) is 60.7 Å². The number of hydrogen-bond acceptors (Lipinski definition) is 6. The zero-order valence-electron chi connectivity index (χ0n) is 27.2. The fourth-order valence-corrected chi connectivity index (χ4v) is 8.59. The number of fused-ring (bicyclic) bond motifs is 1. The van der Waals surface area contributed by atoms with Gasteiger partial charge in [0.25, 0.3) is 0 Å². The predicted octanol–water partition coefficient (Wildman–Crippen LogP) is 4.39.